The maximum atomic E-state index is 14.7. The van der Waals surface area contributed by atoms with Crippen molar-refractivity contribution < 1.29 is 48.6 Å². The zero-order valence-corrected chi connectivity index (χ0v) is 47.1. The normalized spacial score (nSPS) is 22.7. The standard InChI is InChI=1S/C60H82N8O10/c1-33(61-9)53(73)65-51(59(3,4)5)57(77)67-31-35(24-47(67)55(75)63-45-18-12-14-37-29-41(69)20-22-43(37)45)26-49(71)39-16-11-17-40(28-39)50(72)27-36-25-48(56(76)64-46-19-13-15-38-30-42(70)21-23-44(38)46)68(32-36)58(78)52(60(6,7)8)66-54(74)34(2)62-10/h11,16-17,20-23,28-30,33-36,45-48,51-52,61-62,69-70H,12-15,18-19,24-27,31-32H2,1-10H3,(H,63,75)(H,64,76)(H,65,73)(H,66,74)/t33-,34-,35+,36+,45+,46+,47-,48-,51+,52+/m0/s1. The number of nitrogens with zero attached hydrogens (tertiary/aromatic N) is 2. The number of nitrogens with one attached hydrogen (secondary N) is 6. The van der Waals surface area contributed by atoms with Crippen LogP contribution >= 0.6 is 0 Å². The molecule has 2 aliphatic heterocycles. The first-order valence-corrected chi connectivity index (χ1v) is 27.7. The van der Waals surface area contributed by atoms with E-state index >= 15 is 0 Å². The Hall–Kier alpha value is -6.66. The predicted octanol–water partition coefficient (Wildman–Crippen LogP) is 5.34. The summed E-state index contributed by atoms with van der Waals surface area (Å²) in [6.45, 7) is 14.6. The highest BCUT2D eigenvalue weighted by Gasteiger charge is 2.48. The number of likely N-dealkylation sites (tertiary alicyclic amines) is 2. The Bertz CT molecular complexity index is 2590. The van der Waals surface area contributed by atoms with E-state index in [0.717, 1.165) is 47.9 Å². The topological polar surface area (TPSA) is 256 Å². The molecule has 0 aromatic heterocycles. The molecule has 2 saturated heterocycles. The van der Waals surface area contributed by atoms with Gasteiger partial charge in [0.1, 0.15) is 35.7 Å². The molecule has 18 nitrogen and oxygen atoms in total. The molecule has 78 heavy (non-hydrogen) atoms. The van der Waals surface area contributed by atoms with Gasteiger partial charge in [-0.25, -0.2) is 0 Å². The molecule has 10 atom stereocenters. The number of rotatable bonds is 18. The van der Waals surface area contributed by atoms with Crippen LogP contribution in [-0.2, 0) is 41.6 Å². The highest BCUT2D eigenvalue weighted by molar-refractivity contribution is 6.02. The molecule has 0 spiro atoms. The molecule has 3 aromatic carbocycles. The number of benzene rings is 3. The molecular formula is C60H82N8O10. The highest BCUT2D eigenvalue weighted by atomic mass is 16.3. The van der Waals surface area contributed by atoms with Gasteiger partial charge in [0.25, 0.3) is 0 Å². The molecular weight excluding hydrogens is 993 g/mol. The van der Waals surface area contributed by atoms with Crippen LogP contribution in [0.25, 0.3) is 0 Å². The third-order valence-electron chi connectivity index (χ3n) is 16.4. The number of Topliss-reactive ketones (excluding diaryl/α,β-unsaturated/α-hetero) is 2. The van der Waals surface area contributed by atoms with Crippen LogP contribution in [0.1, 0.15) is 162 Å². The van der Waals surface area contributed by atoms with Crippen LogP contribution in [0, 0.1) is 22.7 Å². The SMILES string of the molecule is CN[C@@H](C)C(=O)N[C@H](C(=O)N1C[C@@H](CC(=O)c2cccc(C(=O)C[C@H]3C[C@@H](C(=O)N[C@@H]4CCCc5cc(O)ccc54)N(C(=O)[C@@H](NC(=O)[C@H](C)NC)C(C)(C)C)C3)c2)C[C@H]1C(=O)N[C@@H]1CCCc2cc(O)ccc21)C(C)(C)C. The van der Waals surface area contributed by atoms with Gasteiger partial charge in [-0.05, 0) is 155 Å². The van der Waals surface area contributed by atoms with Crippen molar-refractivity contribution in [2.24, 2.45) is 22.7 Å². The Kier molecular flexibility index (Phi) is 18.6. The molecule has 2 aliphatic carbocycles. The van der Waals surface area contributed by atoms with Gasteiger partial charge in [0.2, 0.25) is 35.4 Å². The van der Waals surface area contributed by atoms with E-state index < -0.39 is 70.7 Å². The molecule has 6 amide bonds. The predicted molar refractivity (Wildman–Crippen MR) is 295 cm³/mol. The fourth-order valence-electron chi connectivity index (χ4n) is 11.6. The van der Waals surface area contributed by atoms with Crippen molar-refractivity contribution in [3.8, 4) is 11.5 Å². The minimum absolute atomic E-state index is 0.0399. The van der Waals surface area contributed by atoms with E-state index in [1.54, 1.807) is 76.5 Å². The second kappa shape index (κ2) is 24.6. The molecule has 0 bridgehead atoms. The van der Waals surface area contributed by atoms with Crippen LogP contribution in [0.5, 0.6) is 11.5 Å². The van der Waals surface area contributed by atoms with Crippen LogP contribution in [-0.4, -0.2) is 130 Å². The minimum Gasteiger partial charge on any atom is -0.508 e. The van der Waals surface area contributed by atoms with E-state index in [2.05, 4.69) is 31.9 Å². The number of aromatic hydroxyl groups is 2. The highest BCUT2D eigenvalue weighted by Crippen LogP contribution is 2.37. The van der Waals surface area contributed by atoms with Crippen LogP contribution in [0.2, 0.25) is 0 Å². The number of fused-ring (bicyclic) bond motifs is 2. The van der Waals surface area contributed by atoms with E-state index in [0.29, 0.717) is 12.8 Å². The van der Waals surface area contributed by atoms with Gasteiger partial charge in [-0.2, -0.15) is 0 Å². The van der Waals surface area contributed by atoms with Gasteiger partial charge >= 0.3 is 0 Å². The summed E-state index contributed by atoms with van der Waals surface area (Å²) in [5, 5.41) is 38.4. The van der Waals surface area contributed by atoms with Gasteiger partial charge in [0, 0.05) is 37.1 Å². The van der Waals surface area contributed by atoms with E-state index in [1.807, 2.05) is 53.7 Å². The number of carbonyl (C=O) groups is 8. The van der Waals surface area contributed by atoms with E-state index in [-0.39, 0.29) is 109 Å². The zero-order chi connectivity index (χ0) is 57.0. The number of likely N-dealkylation sites (N-methyl/N-ethyl adjacent to an activating group) is 2. The fourth-order valence-corrected chi connectivity index (χ4v) is 11.6. The number of carbonyl (C=O) groups excluding carboxylic acids is 8. The quantitative estimate of drug-likeness (QED) is 0.0752. The molecule has 422 valence electrons. The van der Waals surface area contributed by atoms with Crippen molar-refractivity contribution in [1.29, 1.82) is 0 Å². The van der Waals surface area contributed by atoms with Crippen molar-refractivity contribution >= 4 is 47.0 Å². The lowest BCUT2D eigenvalue weighted by molar-refractivity contribution is -0.144. The summed E-state index contributed by atoms with van der Waals surface area (Å²) >= 11 is 0. The van der Waals surface area contributed by atoms with Gasteiger partial charge in [0.15, 0.2) is 11.6 Å². The Morgan fingerprint density at radius 1 is 0.577 bits per heavy atom. The van der Waals surface area contributed by atoms with Crippen LogP contribution in [0.3, 0.4) is 0 Å². The van der Waals surface area contributed by atoms with E-state index in [1.165, 1.54) is 9.80 Å². The summed E-state index contributed by atoms with van der Waals surface area (Å²) < 4.78 is 0. The average Bonchev–Trinajstić information content (AvgIpc) is 4.03. The van der Waals surface area contributed by atoms with Gasteiger partial charge in [-0.1, -0.05) is 71.9 Å². The number of hydrogen-bond donors (Lipinski definition) is 8. The van der Waals surface area contributed by atoms with Crippen molar-refractivity contribution in [2.45, 2.75) is 168 Å². The number of phenolic OH excluding ortho intramolecular Hbond substituents is 2. The lowest BCUT2D eigenvalue weighted by Crippen LogP contribution is -2.59. The molecule has 0 saturated carbocycles. The number of amides is 6. The molecule has 7 rings (SSSR count). The van der Waals surface area contributed by atoms with Crippen molar-refractivity contribution in [1.82, 2.24) is 41.7 Å². The smallest absolute Gasteiger partial charge is 0.246 e. The fraction of sp³-hybridized carbons (Fsp3) is 0.567. The maximum absolute atomic E-state index is 14.7. The van der Waals surface area contributed by atoms with Crippen LogP contribution < -0.4 is 31.9 Å². The average molecular weight is 1080 g/mol. The minimum atomic E-state index is -1.00. The molecule has 0 unspecified atom stereocenters. The Morgan fingerprint density at radius 3 is 1.32 bits per heavy atom. The van der Waals surface area contributed by atoms with Crippen molar-refractivity contribution in [3.63, 3.8) is 0 Å². The second-order valence-corrected chi connectivity index (χ2v) is 24.4. The molecule has 2 heterocycles. The van der Waals surface area contributed by atoms with E-state index in [9.17, 15) is 48.6 Å². The first-order chi connectivity index (χ1) is 36.8. The van der Waals surface area contributed by atoms with Gasteiger partial charge in [-0.15, -0.1) is 0 Å². The summed E-state index contributed by atoms with van der Waals surface area (Å²) in [5.74, 6) is -3.60. The van der Waals surface area contributed by atoms with Crippen LogP contribution in [0.15, 0.2) is 60.7 Å². The summed E-state index contributed by atoms with van der Waals surface area (Å²) in [7, 11) is 3.29. The summed E-state index contributed by atoms with van der Waals surface area (Å²) in [6, 6.07) is 10.8. The van der Waals surface area contributed by atoms with Gasteiger partial charge in [0.05, 0.1) is 24.2 Å². The molecule has 18 heteroatoms. The molecule has 4 aliphatic rings. The lowest BCUT2D eigenvalue weighted by Gasteiger charge is -2.36. The third kappa shape index (κ3) is 13.8. The Morgan fingerprint density at radius 2 is 0.962 bits per heavy atom. The first-order valence-electron chi connectivity index (χ1n) is 27.7. The Labute approximate surface area is 459 Å². The number of phenols is 2. The molecule has 2 fully saturated rings. The summed E-state index contributed by atoms with van der Waals surface area (Å²) in [6.07, 6.45) is 4.65. The van der Waals surface area contributed by atoms with Gasteiger partial charge < -0.3 is 51.9 Å². The first kappa shape index (κ1) is 59.0. The molecule has 3 aromatic rings. The summed E-state index contributed by atoms with van der Waals surface area (Å²) in [4.78, 5) is 117. The zero-order valence-electron chi connectivity index (χ0n) is 47.1. The van der Waals surface area contributed by atoms with Crippen molar-refractivity contribution in [3.05, 3.63) is 94.0 Å². The lowest BCUT2D eigenvalue weighted by atomic mass is 9.85. The van der Waals surface area contributed by atoms with Crippen LogP contribution in [0.4, 0.5) is 0 Å². The van der Waals surface area contributed by atoms with Crippen molar-refractivity contribution in [2.75, 3.05) is 27.2 Å². The largest absolute Gasteiger partial charge is 0.508 e. The Balaban J connectivity index is 1.09. The van der Waals surface area contributed by atoms with E-state index in [4.69, 9.17) is 0 Å². The maximum Gasteiger partial charge on any atom is 0.246 e. The molecule has 8 N–H and O–H groups in total. The molecule has 0 radical (unpaired) electrons. The third-order valence-corrected chi connectivity index (χ3v) is 16.4. The number of hydrogen-bond acceptors (Lipinski definition) is 12. The number of ketones is 2. The van der Waals surface area contributed by atoms with Gasteiger partial charge in [-0.3, -0.25) is 38.4 Å². The second-order valence-electron chi connectivity index (χ2n) is 24.4. The monoisotopic (exact) mass is 1070 g/mol. The number of aryl methyl sites for hydroxylation is 2. The summed E-state index contributed by atoms with van der Waals surface area (Å²) in [5.41, 5.74) is 2.71.